The molecule has 1 fully saturated rings. The maximum atomic E-state index is 13.4. The minimum atomic E-state index is -3.30. The minimum Gasteiger partial charge on any atom is -0.354 e. The molecule has 0 spiro atoms. The molecule has 4 rings (SSSR count). The van der Waals surface area contributed by atoms with Gasteiger partial charge in [-0.1, -0.05) is 6.92 Å². The van der Waals surface area contributed by atoms with Gasteiger partial charge in [0.05, 0.1) is 16.5 Å². The zero-order chi connectivity index (χ0) is 21.6. The van der Waals surface area contributed by atoms with Crippen LogP contribution in [0.4, 0.5) is 4.39 Å². The number of hydrogen-bond donors (Lipinski definition) is 1. The summed E-state index contributed by atoms with van der Waals surface area (Å²) in [6.07, 6.45) is 3.72. The van der Waals surface area contributed by atoms with Gasteiger partial charge in [0.2, 0.25) is 0 Å². The van der Waals surface area contributed by atoms with E-state index in [1.54, 1.807) is 19.2 Å². The molecule has 1 atom stereocenters. The van der Waals surface area contributed by atoms with Crippen molar-refractivity contribution in [3.63, 3.8) is 0 Å². The van der Waals surface area contributed by atoms with Crippen LogP contribution in [0.1, 0.15) is 59.0 Å². The molecule has 0 aliphatic heterocycles. The Kier molecular flexibility index (Phi) is 5.13. The van der Waals surface area contributed by atoms with E-state index >= 15 is 0 Å². The van der Waals surface area contributed by atoms with Gasteiger partial charge in [-0.2, -0.15) is 5.10 Å². The molecular weight excluding hydrogens is 405 g/mol. The second-order valence-electron chi connectivity index (χ2n) is 7.81. The third-order valence-corrected chi connectivity index (χ3v) is 7.26. The van der Waals surface area contributed by atoms with E-state index in [-0.39, 0.29) is 11.7 Å². The molecule has 1 aliphatic rings. The predicted molar refractivity (Wildman–Crippen MR) is 114 cm³/mol. The lowest BCUT2D eigenvalue weighted by Gasteiger charge is -2.18. The normalized spacial score (nSPS) is 15.3. The lowest BCUT2D eigenvalue weighted by Crippen LogP contribution is -2.22. The van der Waals surface area contributed by atoms with Gasteiger partial charge < -0.3 is 5.32 Å². The summed E-state index contributed by atoms with van der Waals surface area (Å²) in [5.41, 5.74) is 3.18. The molecular formula is C22H24FN3O3S. The minimum absolute atomic E-state index is 0.298. The zero-order valence-electron chi connectivity index (χ0n) is 17.1. The molecule has 8 heteroatoms. The maximum Gasteiger partial charge on any atom is 0.270 e. The van der Waals surface area contributed by atoms with Crippen molar-refractivity contribution in [3.05, 3.63) is 59.0 Å². The number of carbonyl (C=O) groups excluding carboxylic acids is 1. The van der Waals surface area contributed by atoms with Gasteiger partial charge in [-0.25, -0.2) is 17.5 Å². The van der Waals surface area contributed by atoms with Crippen molar-refractivity contribution < 1.29 is 17.6 Å². The zero-order valence-corrected chi connectivity index (χ0v) is 18.0. The van der Waals surface area contributed by atoms with Gasteiger partial charge >= 0.3 is 0 Å². The summed E-state index contributed by atoms with van der Waals surface area (Å²) in [7, 11) is -1.76. The molecule has 1 aliphatic carbocycles. The summed E-state index contributed by atoms with van der Waals surface area (Å²) in [5.74, 6) is -0.396. The van der Waals surface area contributed by atoms with Crippen LogP contribution in [-0.4, -0.2) is 37.4 Å². The van der Waals surface area contributed by atoms with Gasteiger partial charge in [0.1, 0.15) is 11.5 Å². The first kappa shape index (κ1) is 20.5. The molecule has 1 unspecified atom stereocenters. The molecule has 1 aromatic heterocycles. The van der Waals surface area contributed by atoms with Crippen molar-refractivity contribution in [2.24, 2.45) is 0 Å². The number of rotatable bonds is 6. The molecule has 1 amide bonds. The van der Waals surface area contributed by atoms with E-state index in [2.05, 4.69) is 10.4 Å². The lowest BCUT2D eigenvalue weighted by molar-refractivity contribution is 0.0957. The van der Waals surface area contributed by atoms with E-state index in [1.807, 2.05) is 19.1 Å². The van der Waals surface area contributed by atoms with Crippen LogP contribution < -0.4 is 5.32 Å². The van der Waals surface area contributed by atoms with E-state index < -0.39 is 15.1 Å². The largest absolute Gasteiger partial charge is 0.354 e. The number of nitrogens with one attached hydrogen (secondary N) is 1. The Bertz CT molecular complexity index is 1230. The monoisotopic (exact) mass is 429 g/mol. The number of carbonyl (C=O) groups is 1. The van der Waals surface area contributed by atoms with E-state index in [0.717, 1.165) is 24.0 Å². The topological polar surface area (TPSA) is 81.1 Å². The van der Waals surface area contributed by atoms with Gasteiger partial charge in [-0.05, 0) is 72.7 Å². The second-order valence-corrected chi connectivity index (χ2v) is 10.0. The van der Waals surface area contributed by atoms with Crippen LogP contribution in [0, 0.1) is 5.82 Å². The van der Waals surface area contributed by atoms with Crippen molar-refractivity contribution in [2.75, 3.05) is 13.3 Å². The van der Waals surface area contributed by atoms with Crippen LogP contribution in [0.15, 0.2) is 36.4 Å². The molecule has 0 radical (unpaired) electrons. The molecule has 2 aromatic carbocycles. The summed E-state index contributed by atoms with van der Waals surface area (Å²) in [5, 5.41) is 7.29. The number of benzene rings is 2. The quantitative estimate of drug-likeness (QED) is 0.644. The summed E-state index contributed by atoms with van der Waals surface area (Å²) in [6.45, 7) is 1.86. The number of sulfone groups is 1. The van der Waals surface area contributed by atoms with Crippen LogP contribution in [0.2, 0.25) is 0 Å². The molecule has 1 N–H and O–H groups in total. The average Bonchev–Trinajstić information content (AvgIpc) is 3.47. The fraction of sp³-hybridized carbons (Fsp3) is 0.364. The Morgan fingerprint density at radius 1 is 1.27 bits per heavy atom. The standard InChI is InChI=1S/C22H24FN3O3S/c1-4-20(30(3,28)29)17-12-19-18(11-16(17)13-5-6-13)21(22(27)24-2)26(25-19)15-9-7-14(23)8-10-15/h7-13,20H,4-6H2,1-3H3,(H,24,27). The summed E-state index contributed by atoms with van der Waals surface area (Å²) in [4.78, 5) is 12.7. The highest BCUT2D eigenvalue weighted by Gasteiger charge is 2.33. The predicted octanol–water partition coefficient (Wildman–Crippen LogP) is 3.90. The number of aromatic nitrogens is 2. The Balaban J connectivity index is 2.01. The number of fused-ring (bicyclic) bond motifs is 1. The molecule has 158 valence electrons. The number of hydrogen-bond acceptors (Lipinski definition) is 4. The van der Waals surface area contributed by atoms with Gasteiger partial charge in [0.25, 0.3) is 5.91 Å². The van der Waals surface area contributed by atoms with Crippen LogP contribution in [0.25, 0.3) is 16.6 Å². The van der Waals surface area contributed by atoms with Crippen molar-refractivity contribution >= 4 is 26.6 Å². The highest BCUT2D eigenvalue weighted by atomic mass is 32.2. The van der Waals surface area contributed by atoms with Crippen LogP contribution in [0.5, 0.6) is 0 Å². The third kappa shape index (κ3) is 3.60. The van der Waals surface area contributed by atoms with Crippen molar-refractivity contribution in [1.82, 2.24) is 15.1 Å². The Hall–Kier alpha value is -2.74. The summed E-state index contributed by atoms with van der Waals surface area (Å²) < 4.78 is 39.8. The molecule has 0 saturated heterocycles. The fourth-order valence-electron chi connectivity index (χ4n) is 4.05. The Labute approximate surface area is 175 Å². The number of amides is 1. The van der Waals surface area contributed by atoms with Gasteiger partial charge in [0, 0.05) is 18.7 Å². The van der Waals surface area contributed by atoms with Gasteiger partial charge in [-0.3, -0.25) is 4.79 Å². The molecule has 6 nitrogen and oxygen atoms in total. The fourth-order valence-corrected chi connectivity index (χ4v) is 5.32. The second kappa shape index (κ2) is 7.50. The number of nitrogens with zero attached hydrogens (tertiary/aromatic N) is 2. The molecule has 30 heavy (non-hydrogen) atoms. The van der Waals surface area contributed by atoms with E-state index in [4.69, 9.17) is 0 Å². The smallest absolute Gasteiger partial charge is 0.270 e. The summed E-state index contributed by atoms with van der Waals surface area (Å²) >= 11 is 0. The third-order valence-electron chi connectivity index (χ3n) is 5.64. The van der Waals surface area contributed by atoms with Crippen LogP contribution in [-0.2, 0) is 9.84 Å². The maximum absolute atomic E-state index is 13.4. The first-order valence-corrected chi connectivity index (χ1v) is 11.9. The van der Waals surface area contributed by atoms with Crippen molar-refractivity contribution in [3.8, 4) is 5.69 Å². The van der Waals surface area contributed by atoms with Crippen LogP contribution in [0.3, 0.4) is 0 Å². The molecule has 3 aromatic rings. The first-order valence-electron chi connectivity index (χ1n) is 9.98. The molecule has 0 bridgehead atoms. The van der Waals surface area contributed by atoms with Crippen LogP contribution >= 0.6 is 0 Å². The van der Waals surface area contributed by atoms with E-state index in [9.17, 15) is 17.6 Å². The van der Waals surface area contributed by atoms with Gasteiger partial charge in [-0.15, -0.1) is 0 Å². The van der Waals surface area contributed by atoms with Crippen molar-refractivity contribution in [2.45, 2.75) is 37.4 Å². The molecule has 1 saturated carbocycles. The Morgan fingerprint density at radius 2 is 1.93 bits per heavy atom. The number of halogens is 1. The first-order chi connectivity index (χ1) is 14.2. The highest BCUT2D eigenvalue weighted by Crippen LogP contribution is 2.46. The highest BCUT2D eigenvalue weighted by molar-refractivity contribution is 7.90. The Morgan fingerprint density at radius 3 is 2.47 bits per heavy atom. The average molecular weight is 430 g/mol. The van der Waals surface area contributed by atoms with E-state index in [0.29, 0.717) is 34.6 Å². The molecule has 1 heterocycles. The van der Waals surface area contributed by atoms with Crippen molar-refractivity contribution in [1.29, 1.82) is 0 Å². The summed E-state index contributed by atoms with van der Waals surface area (Å²) in [6, 6.07) is 9.47. The SMILES string of the molecule is CCC(c1cc2nn(-c3ccc(F)cc3)c(C(=O)NC)c2cc1C1CC1)S(C)(=O)=O. The lowest BCUT2D eigenvalue weighted by atomic mass is 9.96. The van der Waals surface area contributed by atoms with E-state index in [1.165, 1.54) is 23.1 Å². The van der Waals surface area contributed by atoms with Gasteiger partial charge in [0.15, 0.2) is 9.84 Å².